The number of carbonyl (C=O) groups is 2. The predicted octanol–water partition coefficient (Wildman–Crippen LogP) is 3.16. The van der Waals surface area contributed by atoms with Crippen LogP contribution in [-0.4, -0.2) is 41.6 Å². The number of carboxylic acids is 1. The topological polar surface area (TPSA) is 66.8 Å². The number of carbonyl (C=O) groups excluding carboxylic acids is 1. The van der Waals surface area contributed by atoms with Crippen molar-refractivity contribution in [3.63, 3.8) is 0 Å². The number of halogens is 2. The molecule has 2 aromatic carbocycles. The highest BCUT2D eigenvalue weighted by molar-refractivity contribution is 5.82. The van der Waals surface area contributed by atoms with Gasteiger partial charge in [-0.15, -0.1) is 0 Å². The number of carboxylic acid groups (broad SMARTS) is 1. The molecule has 2 unspecified atom stereocenters. The second-order valence-corrected chi connectivity index (χ2v) is 6.42. The fourth-order valence-electron chi connectivity index (χ4n) is 3.43. The highest BCUT2D eigenvalue weighted by Crippen LogP contribution is 2.33. The van der Waals surface area contributed by atoms with Crippen molar-refractivity contribution in [2.24, 2.45) is 5.92 Å². The molecule has 2 atom stereocenters. The lowest BCUT2D eigenvalue weighted by molar-refractivity contribution is -0.141. The summed E-state index contributed by atoms with van der Waals surface area (Å²) in [6.45, 7) is -2.62. The number of hydrogen-bond donors (Lipinski definition) is 1. The van der Waals surface area contributed by atoms with E-state index in [1.54, 1.807) is 18.2 Å². The first-order valence-electron chi connectivity index (χ1n) is 8.54. The van der Waals surface area contributed by atoms with Gasteiger partial charge in [-0.3, -0.25) is 9.59 Å². The molecule has 0 aliphatic carbocycles. The van der Waals surface area contributed by atoms with Crippen molar-refractivity contribution in [1.29, 1.82) is 0 Å². The molecule has 142 valence electrons. The Kier molecular flexibility index (Phi) is 5.69. The van der Waals surface area contributed by atoms with Gasteiger partial charge in [-0.1, -0.05) is 48.5 Å². The molecule has 1 N–H and O–H groups in total. The maximum absolute atomic E-state index is 12.7. The highest BCUT2D eigenvalue weighted by Gasteiger charge is 2.40. The van der Waals surface area contributed by atoms with E-state index in [9.17, 15) is 23.5 Å². The average molecular weight is 375 g/mol. The van der Waals surface area contributed by atoms with Crippen LogP contribution in [0.5, 0.6) is 5.75 Å². The summed E-state index contributed by atoms with van der Waals surface area (Å²) in [5.41, 5.74) is 1.21. The number of likely N-dealkylation sites (tertiary alicyclic amines) is 1. The van der Waals surface area contributed by atoms with Crippen LogP contribution in [0, 0.1) is 5.92 Å². The number of para-hydroxylation sites is 1. The first kappa shape index (κ1) is 18.8. The van der Waals surface area contributed by atoms with Gasteiger partial charge in [0.15, 0.2) is 0 Å². The van der Waals surface area contributed by atoms with Gasteiger partial charge in [-0.05, 0) is 11.6 Å². The number of rotatable bonds is 6. The normalized spacial score (nSPS) is 19.3. The molecule has 0 bridgehead atoms. The Morgan fingerprint density at radius 2 is 1.74 bits per heavy atom. The Labute approximate surface area is 155 Å². The van der Waals surface area contributed by atoms with E-state index in [-0.39, 0.29) is 37.1 Å². The summed E-state index contributed by atoms with van der Waals surface area (Å²) in [7, 11) is 0. The Morgan fingerprint density at radius 1 is 1.07 bits per heavy atom. The molecule has 7 heteroatoms. The molecule has 1 aliphatic rings. The number of ether oxygens (including phenoxy) is 1. The van der Waals surface area contributed by atoms with E-state index < -0.39 is 18.5 Å². The molecule has 0 saturated carbocycles. The van der Waals surface area contributed by atoms with Crippen LogP contribution < -0.4 is 4.74 Å². The third kappa shape index (κ3) is 4.42. The highest BCUT2D eigenvalue weighted by atomic mass is 19.3. The van der Waals surface area contributed by atoms with Crippen molar-refractivity contribution in [3.8, 4) is 5.75 Å². The van der Waals surface area contributed by atoms with Gasteiger partial charge in [0.25, 0.3) is 0 Å². The smallest absolute Gasteiger partial charge is 0.387 e. The van der Waals surface area contributed by atoms with Crippen molar-refractivity contribution in [1.82, 2.24) is 4.90 Å². The second kappa shape index (κ2) is 8.16. The van der Waals surface area contributed by atoms with E-state index >= 15 is 0 Å². The zero-order valence-corrected chi connectivity index (χ0v) is 14.4. The summed E-state index contributed by atoms with van der Waals surface area (Å²) in [5, 5.41) is 9.54. The molecular formula is C20H19F2NO4. The molecule has 5 nitrogen and oxygen atoms in total. The zero-order valence-electron chi connectivity index (χ0n) is 14.4. The monoisotopic (exact) mass is 375 g/mol. The minimum atomic E-state index is -2.98. The number of nitrogens with zero attached hydrogens (tertiary/aromatic N) is 1. The molecule has 1 heterocycles. The van der Waals surface area contributed by atoms with Crippen molar-refractivity contribution >= 4 is 11.9 Å². The van der Waals surface area contributed by atoms with Crippen LogP contribution >= 0.6 is 0 Å². The molecule has 2 aromatic rings. The molecule has 27 heavy (non-hydrogen) atoms. The van der Waals surface area contributed by atoms with Crippen LogP contribution in [0.1, 0.15) is 17.0 Å². The lowest BCUT2D eigenvalue weighted by Gasteiger charge is -2.18. The van der Waals surface area contributed by atoms with Gasteiger partial charge in [0, 0.05) is 24.6 Å². The third-order valence-electron chi connectivity index (χ3n) is 4.75. The standard InChI is InChI=1S/C20H19F2NO4/c21-20(22)27-17-9-5-4-8-14(17)10-18(24)23-11-15(16(12-23)19(25)26)13-6-2-1-3-7-13/h1-9,15-16,20H,10-12H2,(H,25,26). The van der Waals surface area contributed by atoms with Gasteiger partial charge in [-0.2, -0.15) is 8.78 Å². The molecule has 1 aliphatic heterocycles. The lowest BCUT2D eigenvalue weighted by Crippen LogP contribution is -2.31. The SMILES string of the molecule is O=C(O)C1CN(C(=O)Cc2ccccc2OC(F)F)CC1c1ccccc1. The average Bonchev–Trinajstić information content (AvgIpc) is 3.09. The van der Waals surface area contributed by atoms with Crippen LogP contribution in [0.25, 0.3) is 0 Å². The molecule has 0 spiro atoms. The molecule has 1 fully saturated rings. The van der Waals surface area contributed by atoms with Gasteiger partial charge in [0.05, 0.1) is 12.3 Å². The Balaban J connectivity index is 1.75. The number of amides is 1. The third-order valence-corrected chi connectivity index (χ3v) is 4.75. The Morgan fingerprint density at radius 3 is 2.41 bits per heavy atom. The maximum Gasteiger partial charge on any atom is 0.387 e. The van der Waals surface area contributed by atoms with Crippen LogP contribution in [0.2, 0.25) is 0 Å². The molecule has 1 saturated heterocycles. The molecule has 1 amide bonds. The number of benzene rings is 2. The minimum Gasteiger partial charge on any atom is -0.481 e. The van der Waals surface area contributed by atoms with Gasteiger partial charge in [0.2, 0.25) is 5.91 Å². The van der Waals surface area contributed by atoms with Gasteiger partial charge in [0.1, 0.15) is 5.75 Å². The first-order chi connectivity index (χ1) is 13.0. The Bertz CT molecular complexity index is 813. The first-order valence-corrected chi connectivity index (χ1v) is 8.54. The van der Waals surface area contributed by atoms with E-state index in [1.165, 1.54) is 11.0 Å². The van der Waals surface area contributed by atoms with Gasteiger partial charge in [-0.25, -0.2) is 0 Å². The molecular weight excluding hydrogens is 356 g/mol. The van der Waals surface area contributed by atoms with E-state index in [1.807, 2.05) is 30.3 Å². The summed E-state index contributed by atoms with van der Waals surface area (Å²) in [6, 6.07) is 15.3. The fourth-order valence-corrected chi connectivity index (χ4v) is 3.43. The minimum absolute atomic E-state index is 0.0468. The van der Waals surface area contributed by atoms with Crippen LogP contribution in [0.4, 0.5) is 8.78 Å². The quantitative estimate of drug-likeness (QED) is 0.842. The van der Waals surface area contributed by atoms with Crippen LogP contribution in [-0.2, 0) is 16.0 Å². The van der Waals surface area contributed by atoms with Gasteiger partial charge >= 0.3 is 12.6 Å². The summed E-state index contributed by atoms with van der Waals surface area (Å²) < 4.78 is 29.5. The largest absolute Gasteiger partial charge is 0.481 e. The molecule has 0 aromatic heterocycles. The zero-order chi connectivity index (χ0) is 19.4. The summed E-state index contributed by atoms with van der Waals surface area (Å²) in [4.78, 5) is 25.8. The maximum atomic E-state index is 12.7. The van der Waals surface area contributed by atoms with Gasteiger partial charge < -0.3 is 14.7 Å². The Hall–Kier alpha value is -2.96. The fraction of sp³-hybridized carbons (Fsp3) is 0.300. The number of hydrogen-bond acceptors (Lipinski definition) is 3. The molecule has 0 radical (unpaired) electrons. The van der Waals surface area contributed by atoms with E-state index in [4.69, 9.17) is 0 Å². The van der Waals surface area contributed by atoms with Crippen molar-refractivity contribution in [2.45, 2.75) is 19.0 Å². The predicted molar refractivity (Wildman–Crippen MR) is 93.7 cm³/mol. The van der Waals surface area contributed by atoms with Crippen molar-refractivity contribution < 1.29 is 28.2 Å². The van der Waals surface area contributed by atoms with E-state index in [2.05, 4.69) is 4.74 Å². The summed E-state index contributed by atoms with van der Waals surface area (Å²) in [5.74, 6) is -2.33. The van der Waals surface area contributed by atoms with Crippen LogP contribution in [0.15, 0.2) is 54.6 Å². The van der Waals surface area contributed by atoms with E-state index in [0.717, 1.165) is 5.56 Å². The number of alkyl halides is 2. The van der Waals surface area contributed by atoms with Crippen molar-refractivity contribution in [3.05, 3.63) is 65.7 Å². The van der Waals surface area contributed by atoms with Crippen LogP contribution in [0.3, 0.4) is 0 Å². The molecule has 3 rings (SSSR count). The summed E-state index contributed by atoms with van der Waals surface area (Å²) >= 11 is 0. The second-order valence-electron chi connectivity index (χ2n) is 6.42. The lowest BCUT2D eigenvalue weighted by atomic mass is 9.89. The number of aliphatic carboxylic acids is 1. The van der Waals surface area contributed by atoms with E-state index in [0.29, 0.717) is 5.56 Å². The van der Waals surface area contributed by atoms with Crippen molar-refractivity contribution in [2.75, 3.05) is 13.1 Å². The summed E-state index contributed by atoms with van der Waals surface area (Å²) in [6.07, 6.45) is -0.128.